The third-order valence-corrected chi connectivity index (χ3v) is 3.58. The second-order valence-corrected chi connectivity index (χ2v) is 4.28. The topological polar surface area (TPSA) is 46.5 Å². The molecule has 2 aliphatic carbocycles. The molecule has 0 saturated heterocycles. The van der Waals surface area contributed by atoms with Crippen LogP contribution >= 0.6 is 0 Å². The van der Waals surface area contributed by atoms with E-state index in [1.54, 1.807) is 0 Å². The summed E-state index contributed by atoms with van der Waals surface area (Å²) in [7, 11) is 1.44. The van der Waals surface area contributed by atoms with Gasteiger partial charge >= 0.3 is 5.97 Å². The van der Waals surface area contributed by atoms with E-state index in [1.807, 2.05) is 0 Å². The van der Waals surface area contributed by atoms with E-state index in [-0.39, 0.29) is 18.0 Å². The van der Waals surface area contributed by atoms with Crippen molar-refractivity contribution >= 4 is 5.97 Å². The van der Waals surface area contributed by atoms with Crippen molar-refractivity contribution in [2.45, 2.75) is 31.8 Å². The summed E-state index contributed by atoms with van der Waals surface area (Å²) in [6.07, 6.45) is 3.66. The molecule has 2 rings (SSSR count). The lowest BCUT2D eigenvalue weighted by Crippen LogP contribution is -2.34. The van der Waals surface area contributed by atoms with E-state index in [1.165, 1.54) is 7.11 Å². The largest absolute Gasteiger partial charge is 0.469 e. The highest BCUT2D eigenvalue weighted by Gasteiger charge is 2.43. The molecule has 2 bridgehead atoms. The predicted octanol–water partition coefficient (Wildman–Crippen LogP) is 0.956. The van der Waals surface area contributed by atoms with E-state index in [4.69, 9.17) is 4.74 Å². The lowest BCUT2D eigenvalue weighted by Gasteiger charge is -2.30. The number of hydrogen-bond donors (Lipinski definition) is 1. The molecule has 0 spiro atoms. The van der Waals surface area contributed by atoms with Gasteiger partial charge in [-0.05, 0) is 37.5 Å². The monoisotopic (exact) mass is 184 g/mol. The second kappa shape index (κ2) is 3.29. The molecule has 2 aliphatic rings. The molecule has 0 aromatic heterocycles. The average Bonchev–Trinajstić information content (AvgIpc) is 2.42. The van der Waals surface area contributed by atoms with Gasteiger partial charge in [-0.3, -0.25) is 4.79 Å². The standard InChI is InChI=1S/C10H16O3/c1-13-10(12)8-4-6-2-3-7(5-8)9(6)11/h6-9,11H,2-5H2,1H3/t6-,7+,8?,9?. The SMILES string of the molecule is COC(=O)C1C[C@H]2CC[C@@H](C1)C2O. The third kappa shape index (κ3) is 1.46. The molecule has 0 amide bonds. The highest BCUT2D eigenvalue weighted by Crippen LogP contribution is 2.45. The van der Waals surface area contributed by atoms with E-state index in [0.29, 0.717) is 11.8 Å². The highest BCUT2D eigenvalue weighted by atomic mass is 16.5. The Morgan fingerprint density at radius 1 is 1.31 bits per heavy atom. The average molecular weight is 184 g/mol. The van der Waals surface area contributed by atoms with Crippen LogP contribution in [0.25, 0.3) is 0 Å². The Labute approximate surface area is 78.1 Å². The van der Waals surface area contributed by atoms with Gasteiger partial charge < -0.3 is 9.84 Å². The zero-order chi connectivity index (χ0) is 9.42. The molecule has 3 heteroatoms. The fourth-order valence-corrected chi connectivity index (χ4v) is 2.86. The van der Waals surface area contributed by atoms with Crippen molar-refractivity contribution in [3.05, 3.63) is 0 Å². The summed E-state index contributed by atoms with van der Waals surface area (Å²) < 4.78 is 4.73. The Hall–Kier alpha value is -0.570. The molecule has 0 radical (unpaired) electrons. The fraction of sp³-hybridized carbons (Fsp3) is 0.900. The molecule has 13 heavy (non-hydrogen) atoms. The van der Waals surface area contributed by atoms with E-state index >= 15 is 0 Å². The van der Waals surface area contributed by atoms with E-state index in [9.17, 15) is 9.90 Å². The number of aliphatic hydroxyl groups excluding tert-OH is 1. The molecule has 0 aromatic carbocycles. The van der Waals surface area contributed by atoms with Gasteiger partial charge in [0.2, 0.25) is 0 Å². The molecule has 4 atom stereocenters. The molecule has 2 fully saturated rings. The summed E-state index contributed by atoms with van der Waals surface area (Å²) in [4.78, 5) is 11.3. The van der Waals surface area contributed by atoms with Crippen molar-refractivity contribution in [3.8, 4) is 0 Å². The maximum atomic E-state index is 11.3. The van der Waals surface area contributed by atoms with Gasteiger partial charge in [0.15, 0.2) is 0 Å². The minimum Gasteiger partial charge on any atom is -0.469 e. The number of esters is 1. The lowest BCUT2D eigenvalue weighted by atomic mass is 9.79. The van der Waals surface area contributed by atoms with Crippen molar-refractivity contribution in [1.29, 1.82) is 0 Å². The van der Waals surface area contributed by atoms with Gasteiger partial charge in [-0.2, -0.15) is 0 Å². The van der Waals surface area contributed by atoms with Gasteiger partial charge in [-0.1, -0.05) is 0 Å². The number of methoxy groups -OCH3 is 1. The highest BCUT2D eigenvalue weighted by molar-refractivity contribution is 5.72. The van der Waals surface area contributed by atoms with E-state index < -0.39 is 0 Å². The number of aliphatic hydroxyl groups is 1. The summed E-state index contributed by atoms with van der Waals surface area (Å²) in [6, 6.07) is 0. The number of rotatable bonds is 1. The molecule has 1 N–H and O–H groups in total. The Balaban J connectivity index is 2.02. The van der Waals surface area contributed by atoms with Crippen molar-refractivity contribution in [1.82, 2.24) is 0 Å². The molecular formula is C10H16O3. The van der Waals surface area contributed by atoms with Crippen LogP contribution < -0.4 is 0 Å². The first kappa shape index (κ1) is 9.00. The number of ether oxygens (including phenoxy) is 1. The minimum absolute atomic E-state index is 0.0471. The molecule has 74 valence electrons. The third-order valence-electron chi connectivity index (χ3n) is 3.58. The quantitative estimate of drug-likeness (QED) is 0.617. The van der Waals surface area contributed by atoms with Crippen molar-refractivity contribution in [2.75, 3.05) is 7.11 Å². The number of carbonyl (C=O) groups excluding carboxylic acids is 1. The van der Waals surface area contributed by atoms with Crippen LogP contribution in [0.15, 0.2) is 0 Å². The normalized spacial score (nSPS) is 43.2. The summed E-state index contributed by atoms with van der Waals surface area (Å²) in [5.41, 5.74) is 0. The van der Waals surface area contributed by atoms with Gasteiger partial charge in [0.05, 0.1) is 19.1 Å². The first-order chi connectivity index (χ1) is 6.22. The molecular weight excluding hydrogens is 168 g/mol. The second-order valence-electron chi connectivity index (χ2n) is 4.28. The van der Waals surface area contributed by atoms with Crippen LogP contribution in [0.3, 0.4) is 0 Å². The van der Waals surface area contributed by atoms with Crippen LogP contribution in [-0.2, 0) is 9.53 Å². The summed E-state index contributed by atoms with van der Waals surface area (Å²) in [6.45, 7) is 0. The van der Waals surface area contributed by atoms with Gasteiger partial charge in [-0.25, -0.2) is 0 Å². The molecule has 3 nitrogen and oxygen atoms in total. The lowest BCUT2D eigenvalue weighted by molar-refractivity contribution is -0.148. The first-order valence-electron chi connectivity index (χ1n) is 4.98. The van der Waals surface area contributed by atoms with E-state index in [2.05, 4.69) is 0 Å². The van der Waals surface area contributed by atoms with Crippen LogP contribution in [-0.4, -0.2) is 24.3 Å². The number of carbonyl (C=O) groups is 1. The van der Waals surface area contributed by atoms with E-state index in [0.717, 1.165) is 25.7 Å². The summed E-state index contributed by atoms with van der Waals surface area (Å²) in [5, 5.41) is 9.73. The van der Waals surface area contributed by atoms with Gasteiger partial charge in [-0.15, -0.1) is 0 Å². The molecule has 0 heterocycles. The number of hydrogen-bond acceptors (Lipinski definition) is 3. The predicted molar refractivity (Wildman–Crippen MR) is 47.0 cm³/mol. The minimum atomic E-state index is -0.152. The molecule has 2 unspecified atom stereocenters. The smallest absolute Gasteiger partial charge is 0.308 e. The van der Waals surface area contributed by atoms with Crippen LogP contribution in [0.4, 0.5) is 0 Å². The van der Waals surface area contributed by atoms with Crippen LogP contribution in [0, 0.1) is 17.8 Å². The van der Waals surface area contributed by atoms with Crippen molar-refractivity contribution in [2.24, 2.45) is 17.8 Å². The Morgan fingerprint density at radius 3 is 2.31 bits per heavy atom. The van der Waals surface area contributed by atoms with Gasteiger partial charge in [0, 0.05) is 0 Å². The summed E-state index contributed by atoms with van der Waals surface area (Å²) >= 11 is 0. The summed E-state index contributed by atoms with van der Waals surface area (Å²) in [5.74, 6) is 0.653. The maximum Gasteiger partial charge on any atom is 0.308 e. The molecule has 2 saturated carbocycles. The van der Waals surface area contributed by atoms with Crippen LogP contribution in [0.2, 0.25) is 0 Å². The van der Waals surface area contributed by atoms with Crippen molar-refractivity contribution in [3.63, 3.8) is 0 Å². The van der Waals surface area contributed by atoms with Gasteiger partial charge in [0.25, 0.3) is 0 Å². The maximum absolute atomic E-state index is 11.3. The molecule has 0 aliphatic heterocycles. The first-order valence-corrected chi connectivity index (χ1v) is 4.98. The van der Waals surface area contributed by atoms with Gasteiger partial charge in [0.1, 0.15) is 0 Å². The fourth-order valence-electron chi connectivity index (χ4n) is 2.86. The Morgan fingerprint density at radius 2 is 1.85 bits per heavy atom. The zero-order valence-corrected chi connectivity index (χ0v) is 7.90. The van der Waals surface area contributed by atoms with Crippen LogP contribution in [0.5, 0.6) is 0 Å². The zero-order valence-electron chi connectivity index (χ0n) is 7.90. The van der Waals surface area contributed by atoms with Crippen molar-refractivity contribution < 1.29 is 14.6 Å². The Kier molecular flexibility index (Phi) is 2.28. The number of fused-ring (bicyclic) bond motifs is 2. The van der Waals surface area contributed by atoms with Crippen LogP contribution in [0.1, 0.15) is 25.7 Å². The Bertz CT molecular complexity index is 200. The molecule has 0 aromatic rings.